The van der Waals surface area contributed by atoms with E-state index in [1.54, 1.807) is 33.3 Å². The Hall–Kier alpha value is -0.00312. The zero-order chi connectivity index (χ0) is 25.3. The predicted octanol–water partition coefficient (Wildman–Crippen LogP) is 5.93. The molecule has 2 atom stereocenters. The van der Waals surface area contributed by atoms with E-state index < -0.39 is 14.4 Å². The van der Waals surface area contributed by atoms with Crippen molar-refractivity contribution in [2.75, 3.05) is 11.5 Å². The number of carbonyl (C=O) groups is 2. The molecule has 0 aromatic carbocycles. The van der Waals surface area contributed by atoms with Gasteiger partial charge in [0.15, 0.2) is 8.32 Å². The third kappa shape index (κ3) is 7.03. The summed E-state index contributed by atoms with van der Waals surface area (Å²) in [6.45, 7) is 19.3. The maximum Gasteiger partial charge on any atom is 0.230 e. The van der Waals surface area contributed by atoms with Gasteiger partial charge >= 0.3 is 0 Å². The summed E-state index contributed by atoms with van der Waals surface area (Å²) in [5.41, 5.74) is 0. The molecule has 2 aliphatic rings. The molecule has 2 saturated heterocycles. The lowest BCUT2D eigenvalue weighted by molar-refractivity contribution is -0.133. The van der Waals surface area contributed by atoms with Gasteiger partial charge in [0.1, 0.15) is 8.64 Å². The molecule has 10 heteroatoms. The van der Waals surface area contributed by atoms with Gasteiger partial charge in [-0.25, -0.2) is 0 Å². The van der Waals surface area contributed by atoms with Crippen LogP contribution in [0.25, 0.3) is 0 Å². The number of rotatable bonds is 8. The Kier molecular flexibility index (Phi) is 10.1. The van der Waals surface area contributed by atoms with Gasteiger partial charge in [-0.3, -0.25) is 19.4 Å². The Morgan fingerprint density at radius 1 is 0.939 bits per heavy atom. The van der Waals surface area contributed by atoms with Gasteiger partial charge in [0.05, 0.1) is 18.9 Å². The van der Waals surface area contributed by atoms with Crippen molar-refractivity contribution in [1.82, 2.24) is 9.80 Å². The molecule has 0 radical (unpaired) electrons. The minimum atomic E-state index is -2.21. The number of thioether (sulfide) groups is 2. The Morgan fingerprint density at radius 3 is 1.61 bits per heavy atom. The molecular weight excluding hydrogens is 509 g/mol. The molecule has 2 amide bonds. The van der Waals surface area contributed by atoms with Crippen LogP contribution in [-0.4, -0.2) is 68.3 Å². The molecule has 2 rings (SSSR count). The van der Waals surface area contributed by atoms with Crippen LogP contribution in [0.3, 0.4) is 0 Å². The van der Waals surface area contributed by atoms with Gasteiger partial charge in [0, 0.05) is 23.6 Å². The summed E-state index contributed by atoms with van der Waals surface area (Å²) in [7, 11) is -2.21. The largest absolute Gasteiger partial charge is 0.413 e. The molecule has 2 heterocycles. The molecule has 0 spiro atoms. The first kappa shape index (κ1) is 29.2. The first-order valence-electron chi connectivity index (χ1n) is 11.7. The fourth-order valence-corrected chi connectivity index (χ4v) is 8.45. The molecule has 188 valence electrons. The highest BCUT2D eigenvalue weighted by Gasteiger charge is 2.43. The molecule has 0 saturated carbocycles. The van der Waals surface area contributed by atoms with Gasteiger partial charge in [-0.15, -0.1) is 0 Å². The van der Waals surface area contributed by atoms with Crippen molar-refractivity contribution in [2.24, 2.45) is 11.8 Å². The summed E-state index contributed by atoms with van der Waals surface area (Å²) in [5, 5.41) is -0.0319. The summed E-state index contributed by atoms with van der Waals surface area (Å²) in [6.07, 6.45) is -0.182. The van der Waals surface area contributed by atoms with Gasteiger partial charge < -0.3 is 4.43 Å². The van der Waals surface area contributed by atoms with Gasteiger partial charge in [0.25, 0.3) is 0 Å². The number of carbonyl (C=O) groups excluding carboxylic acids is 2. The van der Waals surface area contributed by atoms with E-state index in [1.807, 2.05) is 0 Å². The molecule has 0 aliphatic carbocycles. The van der Waals surface area contributed by atoms with Crippen molar-refractivity contribution in [1.29, 1.82) is 0 Å². The number of hydrogen-bond acceptors (Lipinski definition) is 7. The van der Waals surface area contributed by atoms with E-state index in [4.69, 9.17) is 28.9 Å². The van der Waals surface area contributed by atoms with Crippen molar-refractivity contribution in [3.8, 4) is 0 Å². The molecule has 33 heavy (non-hydrogen) atoms. The van der Waals surface area contributed by atoms with Crippen molar-refractivity contribution >= 4 is 76.7 Å². The van der Waals surface area contributed by atoms with Crippen LogP contribution in [0.2, 0.25) is 18.1 Å². The second-order valence-corrected chi connectivity index (χ2v) is 19.3. The van der Waals surface area contributed by atoms with Crippen LogP contribution in [0.4, 0.5) is 0 Å². The number of thiocarbonyl (C=S) groups is 2. The van der Waals surface area contributed by atoms with E-state index >= 15 is 0 Å². The first-order valence-corrected chi connectivity index (χ1v) is 17.4. The second-order valence-electron chi connectivity index (χ2n) is 11.2. The second kappa shape index (κ2) is 11.4. The summed E-state index contributed by atoms with van der Waals surface area (Å²) in [5.74, 6) is 2.19. The fourth-order valence-electron chi connectivity index (χ4n) is 3.76. The number of amides is 2. The molecule has 0 bridgehead atoms. The maximum atomic E-state index is 13.5. The van der Waals surface area contributed by atoms with Crippen LogP contribution < -0.4 is 0 Å². The van der Waals surface area contributed by atoms with Gasteiger partial charge in [0.2, 0.25) is 11.8 Å². The van der Waals surface area contributed by atoms with Crippen LogP contribution in [0.1, 0.15) is 61.3 Å². The lowest BCUT2D eigenvalue weighted by atomic mass is 10.0. The van der Waals surface area contributed by atoms with Gasteiger partial charge in [-0.05, 0) is 30.0 Å². The molecular formula is C23H40N2O3S4Si. The monoisotopic (exact) mass is 548 g/mol. The Labute approximate surface area is 220 Å². The molecule has 0 aromatic rings. The summed E-state index contributed by atoms with van der Waals surface area (Å²) < 4.78 is 7.93. The Morgan fingerprint density at radius 2 is 1.30 bits per heavy atom. The fraction of sp³-hybridized carbons (Fsp3) is 0.826. The quantitative estimate of drug-likeness (QED) is 0.275. The van der Waals surface area contributed by atoms with Gasteiger partial charge in [-0.1, -0.05) is 96.4 Å². The predicted molar refractivity (Wildman–Crippen MR) is 152 cm³/mol. The van der Waals surface area contributed by atoms with E-state index in [-0.39, 0.29) is 41.8 Å². The van der Waals surface area contributed by atoms with Crippen molar-refractivity contribution in [3.05, 3.63) is 0 Å². The minimum Gasteiger partial charge on any atom is -0.413 e. The first-order chi connectivity index (χ1) is 15.1. The molecule has 0 N–H and O–H groups in total. The van der Waals surface area contributed by atoms with Crippen LogP contribution in [-0.2, 0) is 14.0 Å². The lowest BCUT2D eigenvalue weighted by Gasteiger charge is -2.40. The van der Waals surface area contributed by atoms with E-state index in [0.29, 0.717) is 20.5 Å². The van der Waals surface area contributed by atoms with Crippen LogP contribution in [0.15, 0.2) is 0 Å². The average molecular weight is 549 g/mol. The highest BCUT2D eigenvalue weighted by atomic mass is 32.2. The Balaban J connectivity index is 2.26. The average Bonchev–Trinajstić information content (AvgIpc) is 3.23. The minimum absolute atomic E-state index is 0.0319. The number of nitrogens with zero attached hydrogens (tertiary/aromatic N) is 2. The third-order valence-corrected chi connectivity index (χ3v) is 14.5. The molecule has 0 aromatic heterocycles. The van der Waals surface area contributed by atoms with E-state index in [2.05, 4.69) is 61.6 Å². The van der Waals surface area contributed by atoms with Gasteiger partial charge in [-0.2, -0.15) is 0 Å². The lowest BCUT2D eigenvalue weighted by Crippen LogP contribution is -2.49. The molecule has 2 fully saturated rings. The molecule has 5 nitrogen and oxygen atoms in total. The summed E-state index contributed by atoms with van der Waals surface area (Å²) in [6, 6.07) is 0.180. The third-order valence-electron chi connectivity index (χ3n) is 6.96. The highest BCUT2D eigenvalue weighted by Crippen LogP contribution is 2.39. The summed E-state index contributed by atoms with van der Waals surface area (Å²) >= 11 is 14.1. The summed E-state index contributed by atoms with van der Waals surface area (Å²) in [4.78, 5) is 30.5. The van der Waals surface area contributed by atoms with Crippen LogP contribution in [0.5, 0.6) is 0 Å². The maximum absolute atomic E-state index is 13.5. The van der Waals surface area contributed by atoms with Crippen LogP contribution >= 0.6 is 48.0 Å². The highest BCUT2D eigenvalue weighted by molar-refractivity contribution is 8.23. The SMILES string of the molecule is CC(C)[C@H]1CSC(=S)N1C(=O)CC(CC(=O)N1C(=S)SC[C@@H]1C(C)C)O[Si](C)(C)C(C)(C)C. The Bertz CT molecular complexity index is 732. The standard InChI is InChI=1S/C23H40N2O3S4Si/c1-14(2)17-12-31-21(29)24(17)19(26)10-16(28-33(8,9)23(5,6)7)11-20(27)25-18(15(3)4)13-32-22(25)30/h14-18H,10-13H2,1-9H3/t17-,18-/m1/s1. The number of hydrogen-bond donors (Lipinski definition) is 0. The van der Waals surface area contributed by atoms with Crippen molar-refractivity contribution < 1.29 is 14.0 Å². The van der Waals surface area contributed by atoms with E-state index in [0.717, 1.165) is 11.5 Å². The van der Waals surface area contributed by atoms with Crippen LogP contribution in [0, 0.1) is 11.8 Å². The normalized spacial score (nSPS) is 22.4. The van der Waals surface area contributed by atoms with Crippen molar-refractivity contribution in [3.63, 3.8) is 0 Å². The van der Waals surface area contributed by atoms with Crippen molar-refractivity contribution in [2.45, 2.75) is 97.6 Å². The molecule has 2 aliphatic heterocycles. The smallest absolute Gasteiger partial charge is 0.230 e. The topological polar surface area (TPSA) is 49.9 Å². The molecule has 0 unspecified atom stereocenters. The zero-order valence-electron chi connectivity index (χ0n) is 21.5. The van der Waals surface area contributed by atoms with E-state index in [1.165, 1.54) is 0 Å². The zero-order valence-corrected chi connectivity index (χ0v) is 25.7. The van der Waals surface area contributed by atoms with E-state index in [9.17, 15) is 9.59 Å².